The predicted octanol–water partition coefficient (Wildman–Crippen LogP) is 3.18. The van der Waals surface area contributed by atoms with E-state index in [1.54, 1.807) is 6.92 Å². The van der Waals surface area contributed by atoms with Crippen LogP contribution < -0.4 is 0 Å². The molecular weight excluding hydrogens is 188 g/mol. The Hall–Kier alpha value is -0.790. The molecule has 0 amide bonds. The lowest BCUT2D eigenvalue weighted by atomic mass is 9.96. The molecule has 0 aromatic carbocycles. The molecule has 1 rings (SSSR count). The maximum Gasteiger partial charge on any atom is 0.333 e. The third-order valence-corrected chi connectivity index (χ3v) is 3.47. The molecule has 1 fully saturated rings. The Morgan fingerprint density at radius 3 is 2.60 bits per heavy atom. The summed E-state index contributed by atoms with van der Waals surface area (Å²) in [5.41, 5.74) is 0.494. The van der Waals surface area contributed by atoms with Crippen LogP contribution >= 0.6 is 0 Å². The van der Waals surface area contributed by atoms with Gasteiger partial charge in [-0.05, 0) is 37.5 Å². The van der Waals surface area contributed by atoms with Crippen LogP contribution in [0.25, 0.3) is 0 Å². The van der Waals surface area contributed by atoms with E-state index in [2.05, 4.69) is 20.4 Å². The predicted molar refractivity (Wildman–Crippen MR) is 61.4 cm³/mol. The first-order valence-corrected chi connectivity index (χ1v) is 5.87. The van der Waals surface area contributed by atoms with Crippen molar-refractivity contribution in [1.29, 1.82) is 0 Å². The molecule has 1 aliphatic rings. The van der Waals surface area contributed by atoms with Crippen molar-refractivity contribution in [3.8, 4) is 0 Å². The van der Waals surface area contributed by atoms with E-state index < -0.39 is 0 Å². The van der Waals surface area contributed by atoms with Gasteiger partial charge in [-0.15, -0.1) is 0 Å². The first-order chi connectivity index (χ1) is 7.04. The molecule has 2 nitrogen and oxygen atoms in total. The Labute approximate surface area is 92.7 Å². The minimum absolute atomic E-state index is 0.248. The highest BCUT2D eigenvalue weighted by molar-refractivity contribution is 5.86. The summed E-state index contributed by atoms with van der Waals surface area (Å²) >= 11 is 0. The van der Waals surface area contributed by atoms with Gasteiger partial charge in [-0.1, -0.05) is 26.8 Å². The monoisotopic (exact) mass is 210 g/mol. The van der Waals surface area contributed by atoms with Crippen molar-refractivity contribution in [1.82, 2.24) is 0 Å². The van der Waals surface area contributed by atoms with Crippen molar-refractivity contribution in [2.45, 2.75) is 40.0 Å². The Morgan fingerprint density at radius 2 is 2.13 bits per heavy atom. The van der Waals surface area contributed by atoms with E-state index in [-0.39, 0.29) is 5.97 Å². The van der Waals surface area contributed by atoms with Crippen molar-refractivity contribution in [3.63, 3.8) is 0 Å². The molecule has 0 saturated heterocycles. The molecule has 0 aliphatic heterocycles. The van der Waals surface area contributed by atoms with Crippen LogP contribution in [-0.2, 0) is 9.53 Å². The largest absolute Gasteiger partial charge is 0.462 e. The number of carbonyl (C=O) groups is 1. The molecule has 15 heavy (non-hydrogen) atoms. The molecule has 0 bridgehead atoms. The maximum atomic E-state index is 11.2. The van der Waals surface area contributed by atoms with Crippen molar-refractivity contribution in [2.75, 3.05) is 6.61 Å². The SMILES string of the molecule is C=C(C)C(=O)OCC1CC(C)C(CC)C1. The third-order valence-electron chi connectivity index (χ3n) is 3.47. The van der Waals surface area contributed by atoms with Gasteiger partial charge in [-0.3, -0.25) is 0 Å². The molecule has 1 aliphatic carbocycles. The van der Waals surface area contributed by atoms with Crippen LogP contribution in [0, 0.1) is 17.8 Å². The van der Waals surface area contributed by atoms with Crippen LogP contribution in [0.15, 0.2) is 12.2 Å². The van der Waals surface area contributed by atoms with E-state index in [4.69, 9.17) is 4.74 Å². The van der Waals surface area contributed by atoms with Crippen LogP contribution in [0.1, 0.15) is 40.0 Å². The molecule has 3 atom stereocenters. The fraction of sp³-hybridized carbons (Fsp3) is 0.769. The lowest BCUT2D eigenvalue weighted by Crippen LogP contribution is -2.12. The van der Waals surface area contributed by atoms with Gasteiger partial charge in [0.2, 0.25) is 0 Å². The van der Waals surface area contributed by atoms with Gasteiger partial charge in [0.25, 0.3) is 0 Å². The zero-order valence-electron chi connectivity index (χ0n) is 10.1. The smallest absolute Gasteiger partial charge is 0.333 e. The van der Waals surface area contributed by atoms with Gasteiger partial charge in [-0.25, -0.2) is 4.79 Å². The van der Waals surface area contributed by atoms with E-state index in [0.29, 0.717) is 18.1 Å². The zero-order chi connectivity index (χ0) is 11.4. The molecule has 3 unspecified atom stereocenters. The summed E-state index contributed by atoms with van der Waals surface area (Å²) in [5.74, 6) is 1.91. The highest BCUT2D eigenvalue weighted by atomic mass is 16.5. The van der Waals surface area contributed by atoms with Crippen LogP contribution in [0.2, 0.25) is 0 Å². The van der Waals surface area contributed by atoms with Crippen LogP contribution in [-0.4, -0.2) is 12.6 Å². The number of rotatable bonds is 4. The Morgan fingerprint density at radius 1 is 1.47 bits per heavy atom. The van der Waals surface area contributed by atoms with E-state index in [1.165, 1.54) is 19.3 Å². The van der Waals surface area contributed by atoms with E-state index in [1.807, 2.05) is 0 Å². The fourth-order valence-electron chi connectivity index (χ4n) is 2.50. The first-order valence-electron chi connectivity index (χ1n) is 5.87. The second-order valence-electron chi connectivity index (χ2n) is 4.86. The summed E-state index contributed by atoms with van der Waals surface area (Å²) in [6.45, 7) is 10.4. The highest BCUT2D eigenvalue weighted by Crippen LogP contribution is 2.38. The van der Waals surface area contributed by atoms with Gasteiger partial charge < -0.3 is 4.74 Å². The standard InChI is InChI=1S/C13H22O2/c1-5-12-7-11(6-10(12)4)8-15-13(14)9(2)3/h10-12H,2,5-8H2,1,3-4H3. The number of ether oxygens (including phenoxy) is 1. The van der Waals surface area contributed by atoms with Gasteiger partial charge in [0.1, 0.15) is 0 Å². The molecule has 0 aromatic rings. The second kappa shape index (κ2) is 5.34. The maximum absolute atomic E-state index is 11.2. The summed E-state index contributed by atoms with van der Waals surface area (Å²) in [5, 5.41) is 0. The average molecular weight is 210 g/mol. The van der Waals surface area contributed by atoms with Gasteiger partial charge in [0.15, 0.2) is 0 Å². The number of carbonyl (C=O) groups excluding carboxylic acids is 1. The molecular formula is C13H22O2. The van der Waals surface area contributed by atoms with E-state index >= 15 is 0 Å². The fourth-order valence-corrected chi connectivity index (χ4v) is 2.50. The van der Waals surface area contributed by atoms with Gasteiger partial charge >= 0.3 is 5.97 Å². The topological polar surface area (TPSA) is 26.3 Å². The van der Waals surface area contributed by atoms with Crippen LogP contribution in [0.4, 0.5) is 0 Å². The second-order valence-corrected chi connectivity index (χ2v) is 4.86. The Kier molecular flexibility index (Phi) is 4.37. The molecule has 0 heterocycles. The molecule has 86 valence electrons. The molecule has 1 saturated carbocycles. The lowest BCUT2D eigenvalue weighted by Gasteiger charge is -2.11. The zero-order valence-corrected chi connectivity index (χ0v) is 10.1. The summed E-state index contributed by atoms with van der Waals surface area (Å²) in [7, 11) is 0. The van der Waals surface area contributed by atoms with Crippen molar-refractivity contribution in [3.05, 3.63) is 12.2 Å². The Balaban J connectivity index is 2.30. The van der Waals surface area contributed by atoms with Gasteiger partial charge in [-0.2, -0.15) is 0 Å². The first kappa shape index (κ1) is 12.3. The summed E-state index contributed by atoms with van der Waals surface area (Å²) in [6, 6.07) is 0. The van der Waals surface area contributed by atoms with Crippen LogP contribution in [0.5, 0.6) is 0 Å². The molecule has 0 radical (unpaired) electrons. The van der Waals surface area contributed by atoms with Crippen LogP contribution in [0.3, 0.4) is 0 Å². The summed E-state index contributed by atoms with van der Waals surface area (Å²) < 4.78 is 5.19. The van der Waals surface area contributed by atoms with Crippen molar-refractivity contribution < 1.29 is 9.53 Å². The minimum Gasteiger partial charge on any atom is -0.462 e. The number of hydrogen-bond acceptors (Lipinski definition) is 2. The average Bonchev–Trinajstić information content (AvgIpc) is 2.55. The van der Waals surface area contributed by atoms with E-state index in [0.717, 1.165) is 11.8 Å². The minimum atomic E-state index is -0.248. The number of esters is 1. The van der Waals surface area contributed by atoms with Crippen molar-refractivity contribution >= 4 is 5.97 Å². The van der Waals surface area contributed by atoms with Gasteiger partial charge in [0.05, 0.1) is 6.61 Å². The quantitative estimate of drug-likeness (QED) is 0.526. The lowest BCUT2D eigenvalue weighted by molar-refractivity contribution is -0.140. The van der Waals surface area contributed by atoms with Gasteiger partial charge in [0, 0.05) is 5.57 Å². The summed E-state index contributed by atoms with van der Waals surface area (Å²) in [4.78, 5) is 11.2. The van der Waals surface area contributed by atoms with E-state index in [9.17, 15) is 4.79 Å². The highest BCUT2D eigenvalue weighted by Gasteiger charge is 2.30. The normalized spacial score (nSPS) is 30.2. The third kappa shape index (κ3) is 3.37. The molecule has 0 spiro atoms. The number of hydrogen-bond donors (Lipinski definition) is 0. The Bertz CT molecular complexity index is 245. The summed E-state index contributed by atoms with van der Waals surface area (Å²) in [6.07, 6.45) is 3.65. The molecule has 0 aromatic heterocycles. The van der Waals surface area contributed by atoms with Crippen molar-refractivity contribution in [2.24, 2.45) is 17.8 Å². The molecule has 0 N–H and O–H groups in total. The molecule has 2 heteroatoms.